The number of esters is 1. The average Bonchev–Trinajstić information content (AvgIpc) is 3.11. The highest BCUT2D eigenvalue weighted by molar-refractivity contribution is 5.92. The highest BCUT2D eigenvalue weighted by Gasteiger charge is 2.79. The van der Waals surface area contributed by atoms with Gasteiger partial charge in [0.15, 0.2) is 0 Å². The van der Waals surface area contributed by atoms with Gasteiger partial charge in [0.2, 0.25) is 0 Å². The molecule has 1 heterocycles. The Morgan fingerprint density at radius 2 is 1.75 bits per heavy atom. The van der Waals surface area contributed by atoms with Gasteiger partial charge in [0.25, 0.3) is 5.95 Å². The lowest BCUT2D eigenvalue weighted by Crippen LogP contribution is -2.28. The van der Waals surface area contributed by atoms with Gasteiger partial charge in [-0.1, -0.05) is 44.2 Å². The minimum atomic E-state index is -0.393. The monoisotopic (exact) mass is 328 g/mol. The molecule has 1 aliphatic heterocycles. The molecule has 1 aliphatic carbocycles. The van der Waals surface area contributed by atoms with Crippen LogP contribution in [0.25, 0.3) is 0 Å². The third-order valence-electron chi connectivity index (χ3n) is 5.42. The molecule has 1 aromatic carbocycles. The Morgan fingerprint density at radius 1 is 1.12 bits per heavy atom. The summed E-state index contributed by atoms with van der Waals surface area (Å²) < 4.78 is 16.5. The molecule has 4 nitrogen and oxygen atoms in total. The minimum absolute atomic E-state index is 0.0477. The first kappa shape index (κ1) is 16.6. The summed E-state index contributed by atoms with van der Waals surface area (Å²) in [6.45, 7) is 8.39. The summed E-state index contributed by atoms with van der Waals surface area (Å²) in [7, 11) is 2.91. The maximum Gasteiger partial charge on any atom is 0.341 e. The van der Waals surface area contributed by atoms with E-state index in [1.807, 2.05) is 32.0 Å². The Labute approximate surface area is 143 Å². The van der Waals surface area contributed by atoms with Gasteiger partial charge in [0.05, 0.1) is 19.6 Å². The third kappa shape index (κ3) is 1.89. The normalized spacial score (nSPS) is 27.1. The van der Waals surface area contributed by atoms with Crippen molar-refractivity contribution in [3.05, 3.63) is 58.7 Å². The predicted molar refractivity (Wildman–Crippen MR) is 90.9 cm³/mol. The molecule has 0 saturated heterocycles. The number of hydrogen-bond donors (Lipinski definition) is 0. The van der Waals surface area contributed by atoms with E-state index in [2.05, 4.69) is 26.0 Å². The number of carbonyl (C=O) groups is 1. The van der Waals surface area contributed by atoms with Crippen LogP contribution >= 0.6 is 0 Å². The summed E-state index contributed by atoms with van der Waals surface area (Å²) in [5, 5.41) is 0. The quantitative estimate of drug-likeness (QED) is 0.789. The summed E-state index contributed by atoms with van der Waals surface area (Å²) in [4.78, 5) is 12.5. The largest absolute Gasteiger partial charge is 0.468 e. The third-order valence-corrected chi connectivity index (χ3v) is 5.42. The standard InChI is InChI=1S/C20H24O4/c1-12(2)16-20(13-10-8-7-9-11-13)15(19(20,3)4)14(17(21)22-5)18(23-6)24-16/h7-11,15H,1-6H3/t15-,20+/m0/s1. The van der Waals surface area contributed by atoms with Crippen LogP contribution in [0.2, 0.25) is 0 Å². The highest BCUT2D eigenvalue weighted by Crippen LogP contribution is 2.77. The van der Waals surface area contributed by atoms with Crippen LogP contribution in [0.15, 0.2) is 53.2 Å². The van der Waals surface area contributed by atoms with E-state index in [1.165, 1.54) is 14.2 Å². The molecule has 2 aliphatic rings. The fourth-order valence-corrected chi connectivity index (χ4v) is 4.44. The predicted octanol–water partition coefficient (Wildman–Crippen LogP) is 3.94. The Kier molecular flexibility index (Phi) is 3.74. The first-order valence-corrected chi connectivity index (χ1v) is 8.11. The van der Waals surface area contributed by atoms with Gasteiger partial charge in [0, 0.05) is 5.92 Å². The second kappa shape index (κ2) is 5.40. The van der Waals surface area contributed by atoms with Crippen molar-refractivity contribution < 1.29 is 19.0 Å². The molecular formula is C20H24O4. The summed E-state index contributed by atoms with van der Waals surface area (Å²) in [6, 6.07) is 10.2. The van der Waals surface area contributed by atoms with Gasteiger partial charge < -0.3 is 14.2 Å². The van der Waals surface area contributed by atoms with Gasteiger partial charge in [0.1, 0.15) is 11.3 Å². The first-order chi connectivity index (χ1) is 11.3. The second-order valence-corrected chi connectivity index (χ2v) is 7.16. The topological polar surface area (TPSA) is 44.8 Å². The van der Waals surface area contributed by atoms with Gasteiger partial charge in [-0.15, -0.1) is 0 Å². The van der Waals surface area contributed by atoms with Crippen LogP contribution in [0.5, 0.6) is 0 Å². The Morgan fingerprint density at radius 3 is 2.25 bits per heavy atom. The SMILES string of the molecule is COC(=O)C1=C(OC)OC(=C(C)C)[C@@]2(c3ccccc3)[C@@H]1C2(C)C. The van der Waals surface area contributed by atoms with Gasteiger partial charge >= 0.3 is 5.97 Å². The van der Waals surface area contributed by atoms with E-state index in [-0.39, 0.29) is 22.7 Å². The molecule has 0 amide bonds. The van der Waals surface area contributed by atoms with Crippen molar-refractivity contribution in [2.75, 3.05) is 14.2 Å². The van der Waals surface area contributed by atoms with Crippen LogP contribution in [-0.4, -0.2) is 20.2 Å². The number of rotatable bonds is 3. The zero-order valence-electron chi connectivity index (χ0n) is 15.1. The zero-order chi connectivity index (χ0) is 17.7. The van der Waals surface area contributed by atoms with Crippen molar-refractivity contribution in [3.8, 4) is 0 Å². The van der Waals surface area contributed by atoms with E-state index in [9.17, 15) is 4.79 Å². The lowest BCUT2D eigenvalue weighted by Gasteiger charge is -2.30. The van der Waals surface area contributed by atoms with Crippen LogP contribution < -0.4 is 0 Å². The van der Waals surface area contributed by atoms with Crippen molar-refractivity contribution in [2.45, 2.75) is 33.1 Å². The molecule has 3 rings (SSSR count). The average molecular weight is 328 g/mol. The first-order valence-electron chi connectivity index (χ1n) is 8.11. The van der Waals surface area contributed by atoms with Crippen LogP contribution in [0.3, 0.4) is 0 Å². The maximum atomic E-state index is 12.5. The lowest BCUT2D eigenvalue weighted by atomic mass is 9.82. The number of carbonyl (C=O) groups excluding carboxylic acids is 1. The summed E-state index contributed by atoms with van der Waals surface area (Å²) >= 11 is 0. The van der Waals surface area contributed by atoms with Crippen LogP contribution in [0.1, 0.15) is 33.3 Å². The van der Waals surface area contributed by atoms with E-state index >= 15 is 0 Å². The van der Waals surface area contributed by atoms with Gasteiger partial charge in [-0.3, -0.25) is 0 Å². The summed E-state index contributed by atoms with van der Waals surface area (Å²) in [5.41, 5.74) is 2.14. The molecule has 4 heteroatoms. The molecule has 0 bridgehead atoms. The fourth-order valence-electron chi connectivity index (χ4n) is 4.44. The molecule has 1 fully saturated rings. The lowest BCUT2D eigenvalue weighted by molar-refractivity contribution is -0.137. The maximum absolute atomic E-state index is 12.5. The van der Waals surface area contributed by atoms with Gasteiger partial charge in [-0.05, 0) is 30.4 Å². The Hall–Kier alpha value is -2.23. The number of benzene rings is 1. The van der Waals surface area contributed by atoms with Crippen molar-refractivity contribution in [1.29, 1.82) is 0 Å². The van der Waals surface area contributed by atoms with Crippen molar-refractivity contribution >= 4 is 5.97 Å². The molecule has 0 radical (unpaired) electrons. The molecule has 0 spiro atoms. The summed E-state index contributed by atoms with van der Waals surface area (Å²) in [5.74, 6) is 0.678. The molecule has 0 aromatic heterocycles. The van der Waals surface area contributed by atoms with Crippen LogP contribution in [-0.2, 0) is 24.4 Å². The minimum Gasteiger partial charge on any atom is -0.468 e. The van der Waals surface area contributed by atoms with Crippen LogP contribution in [0, 0.1) is 11.3 Å². The number of fused-ring (bicyclic) bond motifs is 1. The molecule has 1 saturated carbocycles. The molecule has 0 unspecified atom stereocenters. The van der Waals surface area contributed by atoms with E-state index in [4.69, 9.17) is 14.2 Å². The van der Waals surface area contributed by atoms with Crippen LogP contribution in [0.4, 0.5) is 0 Å². The molecule has 2 atom stereocenters. The van der Waals surface area contributed by atoms with E-state index in [0.717, 1.165) is 16.9 Å². The summed E-state index contributed by atoms with van der Waals surface area (Å²) in [6.07, 6.45) is 0. The number of ether oxygens (including phenoxy) is 3. The molecule has 0 N–H and O–H groups in total. The second-order valence-electron chi connectivity index (χ2n) is 7.16. The van der Waals surface area contributed by atoms with Crippen molar-refractivity contribution in [3.63, 3.8) is 0 Å². The number of allylic oxidation sites excluding steroid dienone is 2. The van der Waals surface area contributed by atoms with Crippen molar-refractivity contribution in [2.24, 2.45) is 11.3 Å². The number of methoxy groups -OCH3 is 2. The van der Waals surface area contributed by atoms with Gasteiger partial charge in [-0.2, -0.15) is 0 Å². The highest BCUT2D eigenvalue weighted by atomic mass is 16.7. The smallest absolute Gasteiger partial charge is 0.341 e. The molecule has 128 valence electrons. The Balaban J connectivity index is 2.31. The van der Waals surface area contributed by atoms with Crippen molar-refractivity contribution in [1.82, 2.24) is 0 Å². The van der Waals surface area contributed by atoms with Gasteiger partial charge in [-0.25, -0.2) is 4.79 Å². The number of hydrogen-bond acceptors (Lipinski definition) is 4. The molecular weight excluding hydrogens is 304 g/mol. The molecule has 1 aromatic rings. The zero-order valence-corrected chi connectivity index (χ0v) is 15.1. The van der Waals surface area contributed by atoms with E-state index in [0.29, 0.717) is 5.57 Å². The fraction of sp³-hybridized carbons (Fsp3) is 0.450. The Bertz CT molecular complexity index is 738. The molecule has 24 heavy (non-hydrogen) atoms. The van der Waals surface area contributed by atoms with E-state index in [1.54, 1.807) is 0 Å². The van der Waals surface area contributed by atoms with E-state index < -0.39 is 5.97 Å².